The van der Waals surface area contributed by atoms with E-state index >= 15 is 0 Å². The van der Waals surface area contributed by atoms with Gasteiger partial charge in [0.1, 0.15) is 29.2 Å². The van der Waals surface area contributed by atoms with Crippen LogP contribution in [-0.4, -0.2) is 85.3 Å². The molecular weight excluding hydrogens is 511 g/mol. The predicted molar refractivity (Wildman–Crippen MR) is 149 cm³/mol. The van der Waals surface area contributed by atoms with E-state index in [0.29, 0.717) is 72.0 Å². The van der Waals surface area contributed by atoms with E-state index in [-0.39, 0.29) is 5.91 Å². The molecule has 1 aromatic carbocycles. The van der Waals surface area contributed by atoms with E-state index in [4.69, 9.17) is 9.15 Å². The number of furan rings is 1. The average molecular weight is 541 g/mol. The Kier molecular flexibility index (Phi) is 6.82. The average Bonchev–Trinajstić information content (AvgIpc) is 3.62. The number of fused-ring (bicyclic) bond motifs is 1. The SMILES string of the molecule is COc1cc(C(=O)N2CCN(C)CC2)cnc1-c1cc2nccc(-c3ccc(N4CC[C@@H](F)C4)c(C#N)c3)c2o1. The summed E-state index contributed by atoms with van der Waals surface area (Å²) in [6.45, 7) is 3.88. The Balaban J connectivity index is 1.33. The first-order valence-corrected chi connectivity index (χ1v) is 13.3. The topological polar surface area (TPSA) is 98.7 Å². The maximum absolute atomic E-state index is 13.8. The van der Waals surface area contributed by atoms with Crippen molar-refractivity contribution in [1.29, 1.82) is 5.26 Å². The van der Waals surface area contributed by atoms with Gasteiger partial charge in [-0.3, -0.25) is 9.78 Å². The normalized spacial score (nSPS) is 17.8. The van der Waals surface area contributed by atoms with Gasteiger partial charge in [0.25, 0.3) is 5.91 Å². The number of nitrogens with zero attached hydrogens (tertiary/aromatic N) is 6. The molecule has 3 aromatic heterocycles. The number of nitriles is 1. The number of amides is 1. The number of alkyl halides is 1. The molecule has 5 heterocycles. The zero-order chi connectivity index (χ0) is 27.8. The van der Waals surface area contributed by atoms with E-state index in [2.05, 4.69) is 20.9 Å². The fourth-order valence-electron chi connectivity index (χ4n) is 5.38. The van der Waals surface area contributed by atoms with Crippen LogP contribution in [0.15, 0.2) is 53.2 Å². The number of carbonyl (C=O) groups is 1. The summed E-state index contributed by atoms with van der Waals surface area (Å²) in [5.74, 6) is 0.800. The number of methoxy groups -OCH3 is 1. The van der Waals surface area contributed by atoms with Crippen LogP contribution in [0.2, 0.25) is 0 Å². The van der Waals surface area contributed by atoms with Crippen molar-refractivity contribution in [3.8, 4) is 34.4 Å². The molecule has 0 bridgehead atoms. The van der Waals surface area contributed by atoms with Gasteiger partial charge in [-0.05, 0) is 43.3 Å². The number of halogens is 1. The van der Waals surface area contributed by atoms with Crippen LogP contribution >= 0.6 is 0 Å². The first-order valence-electron chi connectivity index (χ1n) is 13.3. The second kappa shape index (κ2) is 10.6. The number of anilines is 1. The lowest BCUT2D eigenvalue weighted by Gasteiger charge is -2.32. The molecule has 0 N–H and O–H groups in total. The van der Waals surface area contributed by atoms with Crippen LogP contribution < -0.4 is 9.64 Å². The van der Waals surface area contributed by atoms with Crippen LogP contribution in [0.3, 0.4) is 0 Å². The van der Waals surface area contributed by atoms with Crippen molar-refractivity contribution in [1.82, 2.24) is 19.8 Å². The van der Waals surface area contributed by atoms with E-state index in [1.54, 1.807) is 30.6 Å². The Hall–Kier alpha value is -4.49. The monoisotopic (exact) mass is 540 g/mol. The number of likely N-dealkylation sites (N-methyl/N-ethyl adjacent to an activating group) is 1. The molecule has 1 amide bonds. The lowest BCUT2D eigenvalue weighted by atomic mass is 10.0. The minimum absolute atomic E-state index is 0.0771. The van der Waals surface area contributed by atoms with Gasteiger partial charge in [0, 0.05) is 63.3 Å². The van der Waals surface area contributed by atoms with E-state index < -0.39 is 6.17 Å². The molecule has 2 saturated heterocycles. The number of piperazine rings is 1. The second-order valence-corrected chi connectivity index (χ2v) is 10.2. The minimum atomic E-state index is -0.878. The summed E-state index contributed by atoms with van der Waals surface area (Å²) in [4.78, 5) is 28.0. The summed E-state index contributed by atoms with van der Waals surface area (Å²) in [7, 11) is 3.58. The van der Waals surface area contributed by atoms with E-state index in [0.717, 1.165) is 29.9 Å². The zero-order valence-corrected chi connectivity index (χ0v) is 22.4. The summed E-state index contributed by atoms with van der Waals surface area (Å²) in [6.07, 6.45) is 2.83. The van der Waals surface area contributed by atoms with Gasteiger partial charge in [-0.2, -0.15) is 5.26 Å². The lowest BCUT2D eigenvalue weighted by molar-refractivity contribution is 0.0663. The third-order valence-electron chi connectivity index (χ3n) is 7.65. The van der Waals surface area contributed by atoms with Crippen LogP contribution in [0.5, 0.6) is 5.75 Å². The van der Waals surface area contributed by atoms with E-state index in [1.807, 2.05) is 35.0 Å². The summed E-state index contributed by atoms with van der Waals surface area (Å²) in [6, 6.07) is 13.2. The van der Waals surface area contributed by atoms with E-state index in [1.165, 1.54) is 7.11 Å². The predicted octanol–water partition coefficient (Wildman–Crippen LogP) is 4.37. The fourth-order valence-corrected chi connectivity index (χ4v) is 5.38. The van der Waals surface area contributed by atoms with E-state index in [9.17, 15) is 14.4 Å². The molecule has 10 heteroatoms. The number of hydrogen-bond donors (Lipinski definition) is 0. The number of pyridine rings is 2. The standard InChI is InChI=1S/C30H29FN6O3/c1-35-9-11-36(12-10-35)30(38)21-14-26(39-2)28(34-17-21)27-15-24-29(40-27)23(5-7-33-24)19-3-4-25(20(13-19)16-32)37-8-6-22(31)18-37/h3-5,7,13-15,17,22H,6,8-12,18H2,1-2H3/t22-/m1/s1. The lowest BCUT2D eigenvalue weighted by Crippen LogP contribution is -2.47. The van der Waals surface area contributed by atoms with Gasteiger partial charge >= 0.3 is 0 Å². The number of hydrogen-bond acceptors (Lipinski definition) is 8. The molecule has 6 rings (SSSR count). The smallest absolute Gasteiger partial charge is 0.255 e. The number of carbonyl (C=O) groups excluding carboxylic acids is 1. The van der Waals surface area contributed by atoms with Crippen molar-refractivity contribution in [3.05, 3.63) is 59.9 Å². The summed E-state index contributed by atoms with van der Waals surface area (Å²) >= 11 is 0. The molecule has 2 aliphatic heterocycles. The first-order chi connectivity index (χ1) is 19.4. The van der Waals surface area contributed by atoms with Gasteiger partial charge in [-0.15, -0.1) is 0 Å². The molecule has 0 saturated carbocycles. The summed E-state index contributed by atoms with van der Waals surface area (Å²) in [5, 5.41) is 9.84. The molecule has 4 aromatic rings. The third kappa shape index (κ3) is 4.73. The van der Waals surface area contributed by atoms with Gasteiger partial charge in [-0.25, -0.2) is 9.37 Å². The molecule has 0 radical (unpaired) electrons. The Morgan fingerprint density at radius 2 is 1.95 bits per heavy atom. The van der Waals surface area contributed by atoms with Crippen LogP contribution in [0.25, 0.3) is 33.7 Å². The number of aromatic nitrogens is 2. The first kappa shape index (κ1) is 25.8. The van der Waals surface area contributed by atoms with Gasteiger partial charge in [0.05, 0.1) is 23.9 Å². The maximum Gasteiger partial charge on any atom is 0.255 e. The maximum atomic E-state index is 13.8. The fraction of sp³-hybridized carbons (Fsp3) is 0.333. The van der Waals surface area contributed by atoms with Crippen molar-refractivity contribution >= 4 is 22.7 Å². The molecule has 2 aliphatic rings. The summed E-state index contributed by atoms with van der Waals surface area (Å²) < 4.78 is 25.7. The molecule has 40 heavy (non-hydrogen) atoms. The van der Waals surface area contributed by atoms with Crippen LogP contribution in [0.1, 0.15) is 22.3 Å². The van der Waals surface area contributed by atoms with Crippen LogP contribution in [0, 0.1) is 11.3 Å². The highest BCUT2D eigenvalue weighted by atomic mass is 19.1. The van der Waals surface area contributed by atoms with Crippen molar-refractivity contribution in [2.75, 3.05) is 58.3 Å². The van der Waals surface area contributed by atoms with Gasteiger partial charge < -0.3 is 23.9 Å². The minimum Gasteiger partial charge on any atom is -0.494 e. The molecule has 0 unspecified atom stereocenters. The number of benzene rings is 1. The highest BCUT2D eigenvalue weighted by Gasteiger charge is 2.25. The van der Waals surface area contributed by atoms with Crippen molar-refractivity contribution in [3.63, 3.8) is 0 Å². The van der Waals surface area contributed by atoms with Crippen molar-refractivity contribution in [2.45, 2.75) is 12.6 Å². The Morgan fingerprint density at radius 1 is 1.12 bits per heavy atom. The molecule has 0 aliphatic carbocycles. The highest BCUT2D eigenvalue weighted by molar-refractivity contribution is 5.96. The van der Waals surface area contributed by atoms with Crippen molar-refractivity contribution in [2.24, 2.45) is 0 Å². The number of rotatable bonds is 5. The molecule has 1 atom stereocenters. The molecule has 2 fully saturated rings. The molecular formula is C30H29FN6O3. The second-order valence-electron chi connectivity index (χ2n) is 10.2. The van der Waals surface area contributed by atoms with Gasteiger partial charge in [-0.1, -0.05) is 6.07 Å². The highest BCUT2D eigenvalue weighted by Crippen LogP contribution is 2.38. The van der Waals surface area contributed by atoms with Gasteiger partial charge in [0.2, 0.25) is 0 Å². The number of ether oxygens (including phenoxy) is 1. The van der Waals surface area contributed by atoms with Crippen LogP contribution in [-0.2, 0) is 0 Å². The molecule has 0 spiro atoms. The Morgan fingerprint density at radius 3 is 2.67 bits per heavy atom. The van der Waals surface area contributed by atoms with Crippen molar-refractivity contribution < 1.29 is 18.3 Å². The van der Waals surface area contributed by atoms with Crippen LogP contribution in [0.4, 0.5) is 10.1 Å². The molecule has 9 nitrogen and oxygen atoms in total. The third-order valence-corrected chi connectivity index (χ3v) is 7.65. The largest absolute Gasteiger partial charge is 0.494 e. The quantitative estimate of drug-likeness (QED) is 0.368. The summed E-state index contributed by atoms with van der Waals surface area (Å²) in [5.41, 5.74) is 4.86. The molecule has 204 valence electrons. The Bertz CT molecular complexity index is 1620. The van der Waals surface area contributed by atoms with Gasteiger partial charge in [0.15, 0.2) is 11.3 Å². The zero-order valence-electron chi connectivity index (χ0n) is 22.4. The Labute approximate surface area is 231 Å².